The zero-order chi connectivity index (χ0) is 13.5. The molecule has 0 saturated carbocycles. The Balaban J connectivity index is 3.02. The van der Waals surface area contributed by atoms with Gasteiger partial charge in [-0.15, -0.1) is 0 Å². The molecule has 1 aromatic carbocycles. The van der Waals surface area contributed by atoms with E-state index in [0.717, 1.165) is 25.9 Å². The van der Waals surface area contributed by atoms with E-state index in [0.29, 0.717) is 16.3 Å². The number of halogens is 1. The number of hydrogen-bond donors (Lipinski definition) is 2. The van der Waals surface area contributed by atoms with Gasteiger partial charge in [0.05, 0.1) is 11.3 Å². The molecular weight excluding hydrogens is 250 g/mol. The third-order valence-electron chi connectivity index (χ3n) is 2.64. The number of hydrazine groups is 1. The fraction of sp³-hybridized carbons (Fsp3) is 0.462. The van der Waals surface area contributed by atoms with Crippen LogP contribution in [0.5, 0.6) is 0 Å². The van der Waals surface area contributed by atoms with Crippen LogP contribution in [0.4, 0.5) is 5.69 Å². The van der Waals surface area contributed by atoms with Gasteiger partial charge >= 0.3 is 0 Å². The number of carbonyl (C=O) groups is 1. The summed E-state index contributed by atoms with van der Waals surface area (Å²) >= 11 is 5.94. The molecule has 1 rings (SSSR count). The number of rotatable bonds is 6. The smallest absolute Gasteiger partial charge is 0.256 e. The molecule has 1 aromatic rings. The van der Waals surface area contributed by atoms with Crippen LogP contribution in [-0.4, -0.2) is 23.9 Å². The third kappa shape index (κ3) is 3.62. The highest BCUT2D eigenvalue weighted by atomic mass is 35.5. The van der Waals surface area contributed by atoms with Gasteiger partial charge in [0.1, 0.15) is 0 Å². The Morgan fingerprint density at radius 2 is 1.94 bits per heavy atom. The first-order valence-corrected chi connectivity index (χ1v) is 6.57. The quantitative estimate of drug-likeness (QED) is 0.617. The summed E-state index contributed by atoms with van der Waals surface area (Å²) in [4.78, 5) is 14.3. The van der Waals surface area contributed by atoms with Crippen molar-refractivity contribution in [1.82, 2.24) is 4.90 Å². The molecule has 3 N–H and O–H groups in total. The predicted octanol–water partition coefficient (Wildman–Crippen LogP) is 2.89. The number of anilines is 1. The second kappa shape index (κ2) is 7.24. The molecule has 0 aromatic heterocycles. The molecule has 0 fully saturated rings. The zero-order valence-electron chi connectivity index (χ0n) is 10.9. The van der Waals surface area contributed by atoms with Gasteiger partial charge in [-0.2, -0.15) is 0 Å². The van der Waals surface area contributed by atoms with Crippen LogP contribution in [0.2, 0.25) is 5.02 Å². The Kier molecular flexibility index (Phi) is 5.95. The van der Waals surface area contributed by atoms with Gasteiger partial charge in [-0.05, 0) is 31.0 Å². The zero-order valence-corrected chi connectivity index (χ0v) is 11.6. The standard InChI is InChI=1S/C13H20ClN3O/c1-3-7-17(8-4-2)13(18)11-9-10(14)5-6-12(11)16-15/h5-6,9,16H,3-4,7-8,15H2,1-2H3. The molecule has 4 nitrogen and oxygen atoms in total. The van der Waals surface area contributed by atoms with Crippen LogP contribution in [0.3, 0.4) is 0 Å². The van der Waals surface area contributed by atoms with Gasteiger partial charge in [0.15, 0.2) is 0 Å². The predicted molar refractivity (Wildman–Crippen MR) is 75.7 cm³/mol. The Hall–Kier alpha value is -1.26. The molecule has 1 amide bonds. The number of carbonyl (C=O) groups excluding carboxylic acids is 1. The van der Waals surface area contributed by atoms with Crippen molar-refractivity contribution in [3.05, 3.63) is 28.8 Å². The van der Waals surface area contributed by atoms with Crippen LogP contribution in [0.15, 0.2) is 18.2 Å². The average molecular weight is 270 g/mol. The topological polar surface area (TPSA) is 58.4 Å². The van der Waals surface area contributed by atoms with E-state index in [2.05, 4.69) is 19.3 Å². The molecular formula is C13H20ClN3O. The van der Waals surface area contributed by atoms with Crippen LogP contribution in [0.1, 0.15) is 37.0 Å². The van der Waals surface area contributed by atoms with E-state index < -0.39 is 0 Å². The average Bonchev–Trinajstić information content (AvgIpc) is 2.37. The first kappa shape index (κ1) is 14.8. The molecule has 0 bridgehead atoms. The first-order chi connectivity index (χ1) is 8.63. The van der Waals surface area contributed by atoms with E-state index in [1.807, 2.05) is 4.90 Å². The van der Waals surface area contributed by atoms with Gasteiger partial charge in [-0.3, -0.25) is 10.6 Å². The van der Waals surface area contributed by atoms with Gasteiger partial charge in [-0.1, -0.05) is 25.4 Å². The molecule has 100 valence electrons. The largest absolute Gasteiger partial charge is 0.339 e. The maximum atomic E-state index is 12.4. The molecule has 0 heterocycles. The Bertz CT molecular complexity index is 403. The van der Waals surface area contributed by atoms with Gasteiger partial charge in [0.2, 0.25) is 0 Å². The van der Waals surface area contributed by atoms with E-state index in [4.69, 9.17) is 17.4 Å². The van der Waals surface area contributed by atoms with Crippen molar-refractivity contribution < 1.29 is 4.79 Å². The summed E-state index contributed by atoms with van der Waals surface area (Å²) in [5.74, 6) is 5.39. The van der Waals surface area contributed by atoms with E-state index >= 15 is 0 Å². The maximum absolute atomic E-state index is 12.4. The van der Waals surface area contributed by atoms with E-state index in [9.17, 15) is 4.79 Å². The van der Waals surface area contributed by atoms with Crippen molar-refractivity contribution in [2.45, 2.75) is 26.7 Å². The number of benzene rings is 1. The highest BCUT2D eigenvalue weighted by Crippen LogP contribution is 2.21. The number of nitrogens with one attached hydrogen (secondary N) is 1. The van der Waals surface area contributed by atoms with E-state index in [1.54, 1.807) is 18.2 Å². The summed E-state index contributed by atoms with van der Waals surface area (Å²) in [5, 5.41) is 0.533. The normalized spacial score (nSPS) is 10.2. The fourth-order valence-electron chi connectivity index (χ4n) is 1.84. The lowest BCUT2D eigenvalue weighted by Crippen LogP contribution is -2.33. The molecule has 0 unspecified atom stereocenters. The summed E-state index contributed by atoms with van der Waals surface area (Å²) in [6.07, 6.45) is 1.86. The maximum Gasteiger partial charge on any atom is 0.256 e. The molecule has 0 aliphatic rings. The fourth-order valence-corrected chi connectivity index (χ4v) is 2.02. The minimum Gasteiger partial charge on any atom is -0.339 e. The monoisotopic (exact) mass is 269 g/mol. The molecule has 0 saturated heterocycles. The summed E-state index contributed by atoms with van der Waals surface area (Å²) in [5.41, 5.74) is 3.66. The summed E-state index contributed by atoms with van der Waals surface area (Å²) in [6.45, 7) is 5.58. The highest BCUT2D eigenvalue weighted by molar-refractivity contribution is 6.31. The minimum absolute atomic E-state index is 0.0332. The van der Waals surface area contributed by atoms with Crippen molar-refractivity contribution in [3.63, 3.8) is 0 Å². The summed E-state index contributed by atoms with van der Waals surface area (Å²) < 4.78 is 0. The molecule has 18 heavy (non-hydrogen) atoms. The number of amides is 1. The number of nitrogens with zero attached hydrogens (tertiary/aromatic N) is 1. The van der Waals surface area contributed by atoms with Gasteiger partial charge in [0, 0.05) is 18.1 Å². The van der Waals surface area contributed by atoms with Crippen LogP contribution < -0.4 is 11.3 Å². The Morgan fingerprint density at radius 1 is 1.33 bits per heavy atom. The number of hydrogen-bond acceptors (Lipinski definition) is 3. The molecule has 0 aliphatic heterocycles. The molecule has 0 spiro atoms. The van der Waals surface area contributed by atoms with Gasteiger partial charge < -0.3 is 10.3 Å². The first-order valence-electron chi connectivity index (χ1n) is 6.19. The van der Waals surface area contributed by atoms with Crippen molar-refractivity contribution in [3.8, 4) is 0 Å². The van der Waals surface area contributed by atoms with Gasteiger partial charge in [-0.25, -0.2) is 0 Å². The van der Waals surface area contributed by atoms with Crippen molar-refractivity contribution >= 4 is 23.2 Å². The summed E-state index contributed by atoms with van der Waals surface area (Å²) in [6, 6.07) is 5.07. The summed E-state index contributed by atoms with van der Waals surface area (Å²) in [7, 11) is 0. The van der Waals surface area contributed by atoms with Crippen molar-refractivity contribution in [1.29, 1.82) is 0 Å². The molecule has 5 heteroatoms. The Morgan fingerprint density at radius 3 is 2.44 bits per heavy atom. The SMILES string of the molecule is CCCN(CCC)C(=O)c1cc(Cl)ccc1NN. The lowest BCUT2D eigenvalue weighted by Gasteiger charge is -2.22. The number of nitrogens with two attached hydrogens (primary N) is 1. The van der Waals surface area contributed by atoms with Crippen LogP contribution in [-0.2, 0) is 0 Å². The van der Waals surface area contributed by atoms with Crippen LogP contribution >= 0.6 is 11.6 Å². The lowest BCUT2D eigenvalue weighted by atomic mass is 10.1. The Labute approximate surface area is 113 Å². The number of nitrogen functional groups attached to an aromatic ring is 1. The molecule has 0 radical (unpaired) electrons. The lowest BCUT2D eigenvalue weighted by molar-refractivity contribution is 0.0756. The second-order valence-electron chi connectivity index (χ2n) is 4.13. The minimum atomic E-state index is -0.0332. The van der Waals surface area contributed by atoms with Crippen molar-refractivity contribution in [2.75, 3.05) is 18.5 Å². The molecule has 0 aliphatic carbocycles. The molecule has 0 atom stereocenters. The van der Waals surface area contributed by atoms with Gasteiger partial charge in [0.25, 0.3) is 5.91 Å². The van der Waals surface area contributed by atoms with E-state index in [1.165, 1.54) is 0 Å². The van der Waals surface area contributed by atoms with Crippen LogP contribution in [0.25, 0.3) is 0 Å². The highest BCUT2D eigenvalue weighted by Gasteiger charge is 2.17. The van der Waals surface area contributed by atoms with E-state index in [-0.39, 0.29) is 5.91 Å². The van der Waals surface area contributed by atoms with Crippen molar-refractivity contribution in [2.24, 2.45) is 5.84 Å². The third-order valence-corrected chi connectivity index (χ3v) is 2.88. The second-order valence-corrected chi connectivity index (χ2v) is 4.56. The van der Waals surface area contributed by atoms with Crippen LogP contribution in [0, 0.1) is 0 Å².